The normalized spacial score (nSPS) is 32.1. The van der Waals surface area contributed by atoms with Gasteiger partial charge < -0.3 is 34.6 Å². The fourth-order valence-corrected chi connectivity index (χ4v) is 6.56. The molecular weight excluding hydrogens is 488 g/mol. The van der Waals surface area contributed by atoms with Crippen LogP contribution < -0.4 is 4.74 Å². The highest BCUT2D eigenvalue weighted by atomic mass is 16.7. The zero-order chi connectivity index (χ0) is 26.4. The van der Waals surface area contributed by atoms with Crippen molar-refractivity contribution in [2.24, 2.45) is 17.8 Å². The number of aliphatic hydroxyl groups excluding tert-OH is 4. The summed E-state index contributed by atoms with van der Waals surface area (Å²) in [5.74, 6) is 1.28. The molecule has 8 heteroatoms. The average Bonchev–Trinajstić information content (AvgIpc) is 3.19. The van der Waals surface area contributed by atoms with E-state index in [-0.39, 0.29) is 26.6 Å². The molecule has 38 heavy (non-hydrogen) atoms. The van der Waals surface area contributed by atoms with Gasteiger partial charge in [0.2, 0.25) is 6.29 Å². The molecule has 1 aromatic rings. The maximum Gasteiger partial charge on any atom is 0.346 e. The van der Waals surface area contributed by atoms with Gasteiger partial charge in [0.1, 0.15) is 18.0 Å². The summed E-state index contributed by atoms with van der Waals surface area (Å²) in [5.41, 5.74) is 2.34. The van der Waals surface area contributed by atoms with Gasteiger partial charge in [-0.25, -0.2) is 4.79 Å². The van der Waals surface area contributed by atoms with E-state index in [1.165, 1.54) is 44.1 Å². The second kappa shape index (κ2) is 14.6. The fourth-order valence-electron chi connectivity index (χ4n) is 6.56. The third-order valence-corrected chi connectivity index (χ3v) is 8.56. The second-order valence-corrected chi connectivity index (χ2v) is 11.1. The van der Waals surface area contributed by atoms with Crippen LogP contribution in [0.5, 0.6) is 5.75 Å². The molecule has 3 aliphatic rings. The molecule has 8 nitrogen and oxygen atoms in total. The van der Waals surface area contributed by atoms with Crippen LogP contribution in [-0.4, -0.2) is 70.3 Å². The van der Waals surface area contributed by atoms with Crippen molar-refractivity contribution in [2.75, 3.05) is 13.2 Å². The lowest BCUT2D eigenvalue weighted by atomic mass is 9.73. The number of rotatable bonds is 12. The summed E-state index contributed by atoms with van der Waals surface area (Å²) >= 11 is 0. The smallest absolute Gasteiger partial charge is 0.346 e. The number of hydrogen-bond donors (Lipinski definition) is 4. The molecule has 8 atom stereocenters. The molecule has 1 saturated heterocycles. The number of fused-ring (bicyclic) bond motifs is 2. The predicted molar refractivity (Wildman–Crippen MR) is 144 cm³/mol. The lowest BCUT2D eigenvalue weighted by molar-refractivity contribution is -0.251. The van der Waals surface area contributed by atoms with Gasteiger partial charge in [-0.15, -0.1) is 0 Å². The molecular formula is C30H48O8. The first-order valence-corrected chi connectivity index (χ1v) is 14.1. The molecule has 216 valence electrons. The minimum absolute atomic E-state index is 0. The molecule has 0 bridgehead atoms. The SMILES string of the molecule is C.CCCCCCCC[C@@H]1C(O)CC2Cc3c(cccc3OCC(=O)OC3CC(O)[C@H](O)C(CO)O3)C[C@H]21. The molecule has 0 aromatic heterocycles. The molecule has 0 amide bonds. The molecule has 2 aliphatic carbocycles. The molecule has 4 N–H and O–H groups in total. The van der Waals surface area contributed by atoms with E-state index in [9.17, 15) is 25.2 Å². The predicted octanol–water partition coefficient (Wildman–Crippen LogP) is 3.54. The molecule has 4 rings (SSSR count). The summed E-state index contributed by atoms with van der Waals surface area (Å²) < 4.78 is 16.5. The van der Waals surface area contributed by atoms with Gasteiger partial charge in [-0.2, -0.15) is 0 Å². The quantitative estimate of drug-likeness (QED) is 0.236. The van der Waals surface area contributed by atoms with Crippen LogP contribution in [0.2, 0.25) is 0 Å². The van der Waals surface area contributed by atoms with Gasteiger partial charge in [-0.05, 0) is 60.6 Å². The first-order valence-electron chi connectivity index (χ1n) is 14.1. The number of ether oxygens (including phenoxy) is 3. The summed E-state index contributed by atoms with van der Waals surface area (Å²) in [7, 11) is 0. The van der Waals surface area contributed by atoms with E-state index < -0.39 is 37.2 Å². The van der Waals surface area contributed by atoms with E-state index in [0.29, 0.717) is 23.5 Å². The van der Waals surface area contributed by atoms with E-state index in [1.807, 2.05) is 12.1 Å². The van der Waals surface area contributed by atoms with Crippen LogP contribution in [0.1, 0.15) is 83.3 Å². The van der Waals surface area contributed by atoms with Gasteiger partial charge in [0.25, 0.3) is 0 Å². The van der Waals surface area contributed by atoms with Crippen molar-refractivity contribution in [2.45, 2.75) is 116 Å². The third kappa shape index (κ3) is 7.48. The van der Waals surface area contributed by atoms with Gasteiger partial charge in [0.15, 0.2) is 6.61 Å². The van der Waals surface area contributed by atoms with Gasteiger partial charge >= 0.3 is 5.97 Å². The van der Waals surface area contributed by atoms with Crippen LogP contribution in [0.15, 0.2) is 18.2 Å². The molecule has 1 aliphatic heterocycles. The highest BCUT2D eigenvalue weighted by Crippen LogP contribution is 2.48. The minimum atomic E-state index is -1.23. The van der Waals surface area contributed by atoms with Crippen molar-refractivity contribution in [3.8, 4) is 5.75 Å². The Labute approximate surface area is 227 Å². The number of hydrogen-bond acceptors (Lipinski definition) is 8. The van der Waals surface area contributed by atoms with Crippen LogP contribution >= 0.6 is 0 Å². The number of aliphatic hydroxyl groups is 4. The maximum atomic E-state index is 12.4. The average molecular weight is 537 g/mol. The monoisotopic (exact) mass is 536 g/mol. The Bertz CT molecular complexity index is 876. The Morgan fingerprint density at radius 2 is 1.79 bits per heavy atom. The van der Waals surface area contributed by atoms with Crippen LogP contribution in [0.4, 0.5) is 0 Å². The van der Waals surface area contributed by atoms with Gasteiger partial charge in [0.05, 0.1) is 18.8 Å². The molecule has 5 unspecified atom stereocenters. The highest BCUT2D eigenvalue weighted by Gasteiger charge is 2.44. The van der Waals surface area contributed by atoms with Crippen LogP contribution in [0.25, 0.3) is 0 Å². The van der Waals surface area contributed by atoms with Crippen molar-refractivity contribution in [1.29, 1.82) is 0 Å². The standard InChI is InChI=1S/C29H44O8.CH4/c1-2-3-4-5-6-7-10-20-21-12-18-9-8-11-25(22(18)13-19(21)14-23(20)31)35-17-27(33)37-28-15-24(32)29(34)26(16-30)36-28;/h8-9,11,19-21,23-24,26,28-32,34H,2-7,10,12-17H2,1H3;1H4/t19?,20-,21+,23?,24?,26?,28?,29-;/m0./s1. The lowest BCUT2D eigenvalue weighted by Crippen LogP contribution is -2.51. The Morgan fingerprint density at radius 3 is 2.55 bits per heavy atom. The summed E-state index contributed by atoms with van der Waals surface area (Å²) in [5, 5.41) is 39.9. The van der Waals surface area contributed by atoms with E-state index in [4.69, 9.17) is 14.2 Å². The molecule has 2 fully saturated rings. The summed E-state index contributed by atoms with van der Waals surface area (Å²) in [6, 6.07) is 5.94. The molecule has 1 aromatic carbocycles. The summed E-state index contributed by atoms with van der Waals surface area (Å²) in [6.07, 6.45) is 6.51. The summed E-state index contributed by atoms with van der Waals surface area (Å²) in [6.45, 7) is 1.43. The number of benzene rings is 1. The maximum absolute atomic E-state index is 12.4. The van der Waals surface area contributed by atoms with Gasteiger partial charge in [0, 0.05) is 6.42 Å². The number of esters is 1. The first kappa shape index (κ1) is 30.8. The zero-order valence-electron chi connectivity index (χ0n) is 22.0. The Balaban J connectivity index is 0.00000400. The molecule has 0 radical (unpaired) electrons. The number of carbonyl (C=O) groups is 1. The second-order valence-electron chi connectivity index (χ2n) is 11.1. The fraction of sp³-hybridized carbons (Fsp3) is 0.767. The minimum Gasteiger partial charge on any atom is -0.482 e. The number of unbranched alkanes of at least 4 members (excludes halogenated alkanes) is 5. The first-order chi connectivity index (χ1) is 17.9. The van der Waals surface area contributed by atoms with Gasteiger partial charge in [-0.3, -0.25) is 0 Å². The van der Waals surface area contributed by atoms with Crippen molar-refractivity contribution < 1.29 is 39.4 Å². The van der Waals surface area contributed by atoms with Gasteiger partial charge in [-0.1, -0.05) is 65.0 Å². The van der Waals surface area contributed by atoms with E-state index in [0.717, 1.165) is 31.2 Å². The zero-order valence-corrected chi connectivity index (χ0v) is 22.0. The largest absolute Gasteiger partial charge is 0.482 e. The Kier molecular flexibility index (Phi) is 11.9. The highest BCUT2D eigenvalue weighted by molar-refractivity contribution is 5.71. The van der Waals surface area contributed by atoms with E-state index >= 15 is 0 Å². The molecule has 1 heterocycles. The van der Waals surface area contributed by atoms with Crippen molar-refractivity contribution in [3.63, 3.8) is 0 Å². The molecule has 0 spiro atoms. The Hall–Kier alpha value is -1.71. The topological polar surface area (TPSA) is 126 Å². The Morgan fingerprint density at radius 1 is 1.03 bits per heavy atom. The van der Waals surface area contributed by atoms with Crippen LogP contribution in [-0.2, 0) is 27.1 Å². The van der Waals surface area contributed by atoms with Crippen LogP contribution in [0, 0.1) is 17.8 Å². The summed E-state index contributed by atoms with van der Waals surface area (Å²) in [4.78, 5) is 12.4. The van der Waals surface area contributed by atoms with Crippen molar-refractivity contribution >= 4 is 5.97 Å². The van der Waals surface area contributed by atoms with Crippen molar-refractivity contribution in [1.82, 2.24) is 0 Å². The lowest BCUT2D eigenvalue weighted by Gasteiger charge is -2.35. The number of carbonyl (C=O) groups excluding carboxylic acids is 1. The van der Waals surface area contributed by atoms with E-state index in [2.05, 4.69) is 13.0 Å². The van der Waals surface area contributed by atoms with Crippen LogP contribution in [0.3, 0.4) is 0 Å². The third-order valence-electron chi connectivity index (χ3n) is 8.56. The van der Waals surface area contributed by atoms with E-state index in [1.54, 1.807) is 0 Å². The molecule has 1 saturated carbocycles. The van der Waals surface area contributed by atoms with Crippen molar-refractivity contribution in [3.05, 3.63) is 29.3 Å².